The predicted octanol–water partition coefficient (Wildman–Crippen LogP) is -2.04. The third kappa shape index (κ3) is 9.70. The van der Waals surface area contributed by atoms with Crippen LogP contribution in [-0.4, -0.2) is 81.2 Å². The Bertz CT molecular complexity index is 559. The molecule has 0 aliphatic heterocycles. The molecule has 1 rings (SSSR count). The highest BCUT2D eigenvalue weighted by Gasteiger charge is 2.29. The Morgan fingerprint density at radius 1 is 0.875 bits per heavy atom. The number of benzene rings is 1. The molecule has 0 radical (unpaired) electrons. The minimum absolute atomic E-state index is 0.726. The van der Waals surface area contributed by atoms with Crippen LogP contribution in [0.2, 0.25) is 0 Å². The van der Waals surface area contributed by atoms with E-state index in [1.165, 1.54) is 6.08 Å². The van der Waals surface area contributed by atoms with Crippen molar-refractivity contribution in [3.05, 3.63) is 41.3 Å². The van der Waals surface area contributed by atoms with Crippen molar-refractivity contribution in [1.82, 2.24) is 0 Å². The van der Waals surface area contributed by atoms with Gasteiger partial charge in [-0.25, -0.2) is 0 Å². The summed E-state index contributed by atoms with van der Waals surface area (Å²) in [6.07, 6.45) is -5.06. The van der Waals surface area contributed by atoms with Gasteiger partial charge in [0.1, 0.15) is 24.4 Å². The Balaban J connectivity index is 0.000000441. The van der Waals surface area contributed by atoms with Crippen LogP contribution in [0.1, 0.15) is 5.56 Å². The molecule has 24 heavy (non-hydrogen) atoms. The molecule has 0 spiro atoms. The molecule has 0 fully saturated rings. The number of rotatable bonds is 7. The third-order valence-corrected chi connectivity index (χ3v) is 3.22. The molecule has 7 N–H and O–H groups in total. The number of aliphatic hydroxyl groups is 6. The highest BCUT2D eigenvalue weighted by atomic mass is 32.2. The van der Waals surface area contributed by atoms with Gasteiger partial charge in [-0.2, -0.15) is 8.42 Å². The fourth-order valence-electron chi connectivity index (χ4n) is 1.40. The van der Waals surface area contributed by atoms with Gasteiger partial charge >= 0.3 is 0 Å². The molecular weight excluding hydrogens is 344 g/mol. The molecule has 0 heterocycles. The first kappa shape index (κ1) is 22.6. The molecule has 1 aromatic rings. The number of hydrogen-bond acceptors (Lipinski definition) is 8. The van der Waals surface area contributed by atoms with Gasteiger partial charge in [0.2, 0.25) is 0 Å². The molecule has 4 atom stereocenters. The van der Waals surface area contributed by atoms with Crippen LogP contribution in [0.4, 0.5) is 0 Å². The largest absolute Gasteiger partial charge is 0.394 e. The standard InChI is InChI=1S/C8H8O3S.C6H14O6/c9-12(10,11)7-6-8-4-2-1-3-5-8;7-1-3(9)5(11)6(12)4(10)2-8/h1-7H,(H,9,10,11);3-12H,1-2H2. The van der Waals surface area contributed by atoms with E-state index in [1.54, 1.807) is 24.3 Å². The van der Waals surface area contributed by atoms with Gasteiger partial charge in [-0.05, 0) is 11.6 Å². The normalized spacial score (nSPS) is 16.8. The summed E-state index contributed by atoms with van der Waals surface area (Å²) >= 11 is 0. The van der Waals surface area contributed by atoms with Crippen LogP contribution < -0.4 is 0 Å². The summed E-state index contributed by atoms with van der Waals surface area (Å²) in [7, 11) is -4.00. The molecule has 0 aliphatic rings. The van der Waals surface area contributed by atoms with Crippen molar-refractivity contribution in [2.45, 2.75) is 24.4 Å². The van der Waals surface area contributed by atoms with Gasteiger partial charge in [0, 0.05) is 0 Å². The molecule has 0 amide bonds. The quantitative estimate of drug-likeness (QED) is 0.268. The van der Waals surface area contributed by atoms with Crippen LogP contribution in [-0.2, 0) is 10.1 Å². The van der Waals surface area contributed by atoms with E-state index < -0.39 is 47.7 Å². The topological polar surface area (TPSA) is 176 Å². The van der Waals surface area contributed by atoms with E-state index in [4.69, 9.17) is 35.2 Å². The molecule has 9 nitrogen and oxygen atoms in total. The van der Waals surface area contributed by atoms with Crippen LogP contribution in [0, 0.1) is 0 Å². The Morgan fingerprint density at radius 3 is 1.62 bits per heavy atom. The highest BCUT2D eigenvalue weighted by Crippen LogP contribution is 2.04. The maximum absolute atomic E-state index is 10.3. The molecule has 138 valence electrons. The van der Waals surface area contributed by atoms with E-state index in [1.807, 2.05) is 6.07 Å². The van der Waals surface area contributed by atoms with E-state index in [0.29, 0.717) is 0 Å². The zero-order valence-electron chi connectivity index (χ0n) is 12.6. The van der Waals surface area contributed by atoms with E-state index in [9.17, 15) is 8.42 Å². The van der Waals surface area contributed by atoms with Gasteiger partial charge in [-0.1, -0.05) is 30.3 Å². The van der Waals surface area contributed by atoms with Crippen molar-refractivity contribution in [2.75, 3.05) is 13.2 Å². The Hall–Kier alpha value is -1.37. The highest BCUT2D eigenvalue weighted by molar-refractivity contribution is 7.88. The van der Waals surface area contributed by atoms with Gasteiger partial charge in [0.05, 0.1) is 18.6 Å². The van der Waals surface area contributed by atoms with Crippen molar-refractivity contribution in [1.29, 1.82) is 0 Å². The average molecular weight is 366 g/mol. The lowest BCUT2D eigenvalue weighted by molar-refractivity contribution is -0.123. The van der Waals surface area contributed by atoms with Crippen LogP contribution in [0.15, 0.2) is 35.7 Å². The van der Waals surface area contributed by atoms with Crippen molar-refractivity contribution >= 4 is 16.2 Å². The fraction of sp³-hybridized carbons (Fsp3) is 0.429. The van der Waals surface area contributed by atoms with E-state index in [-0.39, 0.29) is 0 Å². The van der Waals surface area contributed by atoms with Crippen molar-refractivity contribution in [3.8, 4) is 0 Å². The first-order valence-corrected chi connectivity index (χ1v) is 8.27. The SMILES string of the molecule is O=S(=O)(O)C=Cc1ccccc1.OCC(O)C(O)C(O)C(O)CO. The third-order valence-electron chi connectivity index (χ3n) is 2.74. The Kier molecular flexibility index (Phi) is 10.6. The molecule has 0 aliphatic carbocycles. The molecule has 0 saturated carbocycles. The lowest BCUT2D eigenvalue weighted by atomic mass is 10.0. The first-order chi connectivity index (χ1) is 11.1. The number of aliphatic hydroxyl groups excluding tert-OH is 6. The summed E-state index contributed by atoms with van der Waals surface area (Å²) in [5, 5.41) is 52.9. The molecule has 0 aromatic heterocycles. The summed E-state index contributed by atoms with van der Waals surface area (Å²) in [6, 6.07) is 8.86. The summed E-state index contributed by atoms with van der Waals surface area (Å²) in [5.74, 6) is 0. The van der Waals surface area contributed by atoms with Gasteiger partial charge in [-0.15, -0.1) is 0 Å². The van der Waals surface area contributed by atoms with Crippen molar-refractivity contribution in [3.63, 3.8) is 0 Å². The first-order valence-electron chi connectivity index (χ1n) is 6.77. The minimum Gasteiger partial charge on any atom is -0.394 e. The van der Waals surface area contributed by atoms with Crippen molar-refractivity contribution in [2.24, 2.45) is 0 Å². The average Bonchev–Trinajstić information content (AvgIpc) is 2.58. The predicted molar refractivity (Wildman–Crippen MR) is 85.2 cm³/mol. The zero-order chi connectivity index (χ0) is 18.8. The van der Waals surface area contributed by atoms with E-state index >= 15 is 0 Å². The Morgan fingerprint density at radius 2 is 1.29 bits per heavy atom. The zero-order valence-corrected chi connectivity index (χ0v) is 13.4. The molecule has 0 saturated heterocycles. The van der Waals surface area contributed by atoms with Gasteiger partial charge in [-0.3, -0.25) is 4.55 Å². The monoisotopic (exact) mass is 366 g/mol. The minimum atomic E-state index is -4.00. The van der Waals surface area contributed by atoms with Crippen LogP contribution >= 0.6 is 0 Å². The molecular formula is C14H22O9S. The Labute approximate surface area is 139 Å². The second-order valence-corrected chi connectivity index (χ2v) is 6.01. The molecule has 4 unspecified atom stereocenters. The number of hydrogen-bond donors (Lipinski definition) is 7. The van der Waals surface area contributed by atoms with Crippen LogP contribution in [0.5, 0.6) is 0 Å². The second kappa shape index (κ2) is 11.2. The van der Waals surface area contributed by atoms with Gasteiger partial charge < -0.3 is 30.6 Å². The smallest absolute Gasteiger partial charge is 0.287 e. The van der Waals surface area contributed by atoms with Crippen LogP contribution in [0.25, 0.3) is 6.08 Å². The maximum Gasteiger partial charge on any atom is 0.287 e. The fourth-order valence-corrected chi connectivity index (χ4v) is 1.73. The molecule has 1 aromatic carbocycles. The lowest BCUT2D eigenvalue weighted by Gasteiger charge is -2.24. The van der Waals surface area contributed by atoms with E-state index in [0.717, 1.165) is 11.0 Å². The lowest BCUT2D eigenvalue weighted by Crippen LogP contribution is -2.46. The molecule has 0 bridgehead atoms. The summed E-state index contributed by atoms with van der Waals surface area (Å²) < 4.78 is 28.9. The maximum atomic E-state index is 10.3. The van der Waals surface area contributed by atoms with Gasteiger partial charge in [0.25, 0.3) is 10.1 Å². The van der Waals surface area contributed by atoms with Crippen LogP contribution in [0.3, 0.4) is 0 Å². The second-order valence-electron chi connectivity index (χ2n) is 4.71. The molecule has 10 heteroatoms. The van der Waals surface area contributed by atoms with Gasteiger partial charge in [0.15, 0.2) is 0 Å². The van der Waals surface area contributed by atoms with E-state index in [2.05, 4.69) is 0 Å². The summed E-state index contributed by atoms with van der Waals surface area (Å²) in [4.78, 5) is 0. The summed E-state index contributed by atoms with van der Waals surface area (Å²) in [5.41, 5.74) is 0.732. The van der Waals surface area contributed by atoms with Crippen molar-refractivity contribution < 1.29 is 43.6 Å². The summed E-state index contributed by atoms with van der Waals surface area (Å²) in [6.45, 7) is -1.45.